The summed E-state index contributed by atoms with van der Waals surface area (Å²) in [5, 5.41) is 15.6. The second-order valence-corrected chi connectivity index (χ2v) is 9.06. The lowest BCUT2D eigenvalue weighted by atomic mass is 9.75. The Hall–Kier alpha value is -3.79. The highest BCUT2D eigenvalue weighted by atomic mass is 32.2. The van der Waals surface area contributed by atoms with Gasteiger partial charge in [-0.1, -0.05) is 47.6 Å². The molecule has 0 fully saturated rings. The van der Waals surface area contributed by atoms with Crippen LogP contribution >= 0.6 is 11.8 Å². The third-order valence-corrected chi connectivity index (χ3v) is 6.76. The molecule has 180 valence electrons. The summed E-state index contributed by atoms with van der Waals surface area (Å²) in [6, 6.07) is 16.3. The number of nitro benzene ring substituents is 1. The molecular formula is C25H24N4O5S. The number of esters is 1. The summed E-state index contributed by atoms with van der Waals surface area (Å²) in [4.78, 5) is 32.9. The Bertz CT molecular complexity index is 1300. The van der Waals surface area contributed by atoms with E-state index in [2.05, 4.69) is 27.3 Å². The summed E-state index contributed by atoms with van der Waals surface area (Å²) in [6.45, 7) is 3.54. The Morgan fingerprint density at radius 3 is 2.63 bits per heavy atom. The summed E-state index contributed by atoms with van der Waals surface area (Å²) in [6.07, 6.45) is 0. The molecule has 1 aromatic heterocycles. The molecule has 2 heterocycles. The van der Waals surface area contributed by atoms with Gasteiger partial charge in [-0.3, -0.25) is 19.9 Å². The van der Waals surface area contributed by atoms with Crippen LogP contribution in [-0.2, 0) is 21.0 Å². The van der Waals surface area contributed by atoms with Crippen LogP contribution in [0.15, 0.2) is 69.8 Å². The highest BCUT2D eigenvalue weighted by Crippen LogP contribution is 2.44. The molecule has 2 atom stereocenters. The summed E-state index contributed by atoms with van der Waals surface area (Å²) in [7, 11) is 1.31. The van der Waals surface area contributed by atoms with Gasteiger partial charge in [0.05, 0.1) is 17.8 Å². The molecule has 0 saturated heterocycles. The Balaban J connectivity index is 1.68. The van der Waals surface area contributed by atoms with Gasteiger partial charge in [-0.25, -0.2) is 0 Å². The van der Waals surface area contributed by atoms with Gasteiger partial charge in [0.1, 0.15) is 5.92 Å². The van der Waals surface area contributed by atoms with Crippen molar-refractivity contribution >= 4 is 34.7 Å². The zero-order valence-corrected chi connectivity index (χ0v) is 20.3. The maximum atomic E-state index is 12.8. The van der Waals surface area contributed by atoms with E-state index in [0.29, 0.717) is 34.1 Å². The van der Waals surface area contributed by atoms with E-state index in [1.165, 1.54) is 24.8 Å². The number of rotatable bonds is 8. The van der Waals surface area contributed by atoms with E-state index >= 15 is 0 Å². The summed E-state index contributed by atoms with van der Waals surface area (Å²) in [5.74, 6) is 0.171. The van der Waals surface area contributed by atoms with Gasteiger partial charge >= 0.3 is 5.97 Å². The van der Waals surface area contributed by atoms with Crippen molar-refractivity contribution < 1.29 is 19.0 Å². The number of non-ortho nitro benzene ring substituents is 1. The van der Waals surface area contributed by atoms with Gasteiger partial charge in [-0.2, -0.15) is 4.98 Å². The molecule has 4 rings (SSSR count). The van der Waals surface area contributed by atoms with Crippen LogP contribution in [0.5, 0.6) is 0 Å². The summed E-state index contributed by atoms with van der Waals surface area (Å²) < 4.78 is 10.7. The molecule has 0 aliphatic carbocycles. The van der Waals surface area contributed by atoms with Crippen LogP contribution in [0.25, 0.3) is 5.57 Å². The standard InChI is InChI=1S/C25H24N4O5S/c1-15-21(24-27-20(28-34-24)14-35-13-17-8-5-4-6-9-17)23(22(16(2)26-15)25(30)33-3)18-10-7-11-19(12-18)29(31)32/h4-12,22-23H,13-14H2,1-3H3. The predicted molar refractivity (Wildman–Crippen MR) is 133 cm³/mol. The molecule has 10 heteroatoms. The first-order chi connectivity index (χ1) is 16.9. The average molecular weight is 493 g/mol. The Kier molecular flexibility index (Phi) is 7.40. The van der Waals surface area contributed by atoms with Crippen molar-refractivity contribution in [2.24, 2.45) is 10.9 Å². The van der Waals surface area contributed by atoms with Crippen molar-refractivity contribution in [1.29, 1.82) is 0 Å². The largest absolute Gasteiger partial charge is 0.468 e. The van der Waals surface area contributed by atoms with E-state index in [1.807, 2.05) is 18.2 Å². The topological polar surface area (TPSA) is 121 Å². The van der Waals surface area contributed by atoms with E-state index in [0.717, 1.165) is 5.75 Å². The van der Waals surface area contributed by atoms with Gasteiger partial charge in [-0.05, 0) is 25.0 Å². The molecule has 35 heavy (non-hydrogen) atoms. The van der Waals surface area contributed by atoms with Crippen molar-refractivity contribution in [2.45, 2.75) is 31.3 Å². The number of aromatic nitrogens is 2. The Labute approximate surface area is 206 Å². The number of allylic oxidation sites excluding steroid dienone is 2. The number of carbonyl (C=O) groups is 1. The van der Waals surface area contributed by atoms with Crippen molar-refractivity contribution in [1.82, 2.24) is 10.1 Å². The van der Waals surface area contributed by atoms with E-state index in [1.54, 1.807) is 37.7 Å². The molecule has 1 aliphatic heterocycles. The van der Waals surface area contributed by atoms with E-state index in [-0.39, 0.29) is 11.6 Å². The highest BCUT2D eigenvalue weighted by Gasteiger charge is 2.42. The van der Waals surface area contributed by atoms with E-state index in [9.17, 15) is 14.9 Å². The fourth-order valence-corrected chi connectivity index (χ4v) is 5.03. The number of ether oxygens (including phenoxy) is 1. The SMILES string of the molecule is COC(=O)C1C(C)=NC(C)=C(c2nc(CSCc3ccccc3)no2)C1c1cccc([N+](=O)[O-])c1. The third-order valence-electron chi connectivity index (χ3n) is 5.76. The molecule has 3 aromatic rings. The van der Waals surface area contributed by atoms with Gasteiger partial charge in [0.25, 0.3) is 11.6 Å². The number of aliphatic imine (C=N–C) groups is 1. The molecular weight excluding hydrogens is 468 g/mol. The molecule has 2 aromatic carbocycles. The quantitative estimate of drug-likeness (QED) is 0.239. The van der Waals surface area contributed by atoms with Gasteiger partial charge < -0.3 is 9.26 Å². The average Bonchev–Trinajstić information content (AvgIpc) is 3.32. The third kappa shape index (κ3) is 5.32. The second-order valence-electron chi connectivity index (χ2n) is 8.08. The highest BCUT2D eigenvalue weighted by molar-refractivity contribution is 7.97. The fraction of sp³-hybridized carbons (Fsp3) is 0.280. The van der Waals surface area contributed by atoms with Crippen molar-refractivity contribution in [2.75, 3.05) is 7.11 Å². The van der Waals surface area contributed by atoms with Gasteiger partial charge in [0, 0.05) is 40.8 Å². The van der Waals surface area contributed by atoms with Crippen LogP contribution in [0.3, 0.4) is 0 Å². The lowest BCUT2D eigenvalue weighted by molar-refractivity contribution is -0.384. The van der Waals surface area contributed by atoms with E-state index < -0.39 is 22.7 Å². The van der Waals surface area contributed by atoms with Crippen LogP contribution in [0.1, 0.15) is 42.6 Å². The van der Waals surface area contributed by atoms with E-state index in [4.69, 9.17) is 9.26 Å². The first-order valence-electron chi connectivity index (χ1n) is 10.9. The molecule has 0 saturated carbocycles. The zero-order chi connectivity index (χ0) is 24.9. The van der Waals surface area contributed by atoms with Crippen molar-refractivity contribution in [3.63, 3.8) is 0 Å². The van der Waals surface area contributed by atoms with Crippen molar-refractivity contribution in [3.05, 3.63) is 93.3 Å². The molecule has 2 unspecified atom stereocenters. The number of benzene rings is 2. The molecule has 0 spiro atoms. The minimum absolute atomic E-state index is 0.0770. The Morgan fingerprint density at radius 1 is 1.14 bits per heavy atom. The first-order valence-corrected chi connectivity index (χ1v) is 12.1. The minimum atomic E-state index is -0.788. The maximum Gasteiger partial charge on any atom is 0.315 e. The predicted octanol–water partition coefficient (Wildman–Crippen LogP) is 5.19. The number of methoxy groups -OCH3 is 1. The molecule has 0 bridgehead atoms. The van der Waals surface area contributed by atoms with Crippen LogP contribution in [-0.4, -0.2) is 33.9 Å². The number of nitrogens with zero attached hydrogens (tertiary/aromatic N) is 4. The zero-order valence-electron chi connectivity index (χ0n) is 19.5. The maximum absolute atomic E-state index is 12.8. The molecule has 1 aliphatic rings. The lowest BCUT2D eigenvalue weighted by Crippen LogP contribution is -2.33. The summed E-state index contributed by atoms with van der Waals surface area (Å²) >= 11 is 1.65. The first kappa shape index (κ1) is 24.3. The number of carbonyl (C=O) groups excluding carboxylic acids is 1. The smallest absolute Gasteiger partial charge is 0.315 e. The second kappa shape index (κ2) is 10.6. The van der Waals surface area contributed by atoms with Gasteiger partial charge in [-0.15, -0.1) is 11.8 Å². The summed E-state index contributed by atoms with van der Waals surface area (Å²) in [5.41, 5.74) is 3.39. The monoisotopic (exact) mass is 492 g/mol. The number of nitro groups is 1. The van der Waals surface area contributed by atoms with Crippen LogP contribution in [0, 0.1) is 16.0 Å². The van der Waals surface area contributed by atoms with Gasteiger partial charge in [0.15, 0.2) is 5.82 Å². The molecule has 0 amide bonds. The van der Waals surface area contributed by atoms with Gasteiger partial charge in [0.2, 0.25) is 0 Å². The lowest BCUT2D eigenvalue weighted by Gasteiger charge is -2.30. The van der Waals surface area contributed by atoms with Crippen LogP contribution in [0.4, 0.5) is 5.69 Å². The number of hydrogen-bond donors (Lipinski definition) is 0. The van der Waals surface area contributed by atoms with Crippen LogP contribution < -0.4 is 0 Å². The van der Waals surface area contributed by atoms with Crippen LogP contribution in [0.2, 0.25) is 0 Å². The fourth-order valence-electron chi connectivity index (χ4n) is 4.20. The van der Waals surface area contributed by atoms with Crippen molar-refractivity contribution in [3.8, 4) is 0 Å². The molecule has 0 radical (unpaired) electrons. The molecule has 9 nitrogen and oxygen atoms in total. The minimum Gasteiger partial charge on any atom is -0.468 e. The molecule has 0 N–H and O–H groups in total. The normalized spacial score (nSPS) is 17.7. The Morgan fingerprint density at radius 2 is 1.91 bits per heavy atom. The number of thioether (sulfide) groups is 1. The number of hydrogen-bond acceptors (Lipinski definition) is 9.